The molecule has 0 unspecified atom stereocenters. The van der Waals surface area contributed by atoms with Crippen LogP contribution in [0.15, 0.2) is 24.3 Å². The Hall–Kier alpha value is -2.50. The molecule has 3 heterocycles. The molecule has 2 aromatic heterocycles. The van der Waals surface area contributed by atoms with Gasteiger partial charge in [0.25, 0.3) is 0 Å². The largest absolute Gasteiger partial charge is 0.334 e. The van der Waals surface area contributed by atoms with Gasteiger partial charge in [-0.25, -0.2) is 15.0 Å². The summed E-state index contributed by atoms with van der Waals surface area (Å²) in [5, 5.41) is 3.22. The van der Waals surface area contributed by atoms with Crippen LogP contribution in [0, 0.1) is 19.8 Å². The Balaban J connectivity index is 1.44. The van der Waals surface area contributed by atoms with Gasteiger partial charge in [-0.1, -0.05) is 31.7 Å². The second kappa shape index (κ2) is 8.89. The number of hydrogen-bond acceptors (Lipinski definition) is 5. The number of carbonyl (C=O) groups excluding carboxylic acids is 1. The number of likely N-dealkylation sites (tertiary alicyclic amines) is 1. The average Bonchev–Trinajstić information content (AvgIpc) is 3.37. The van der Waals surface area contributed by atoms with Crippen molar-refractivity contribution >= 4 is 17.7 Å². The average molecular weight is 394 g/mol. The van der Waals surface area contributed by atoms with Crippen molar-refractivity contribution in [2.45, 2.75) is 71.3 Å². The Morgan fingerprint density at radius 2 is 1.83 bits per heavy atom. The van der Waals surface area contributed by atoms with Crippen molar-refractivity contribution in [1.82, 2.24) is 19.9 Å². The van der Waals surface area contributed by atoms with Crippen molar-refractivity contribution < 1.29 is 4.79 Å². The first kappa shape index (κ1) is 19.8. The number of aromatic nitrogens is 3. The molecule has 1 atom stereocenters. The third-order valence-corrected chi connectivity index (χ3v) is 6.15. The third-order valence-electron chi connectivity index (χ3n) is 6.15. The maximum absolute atomic E-state index is 12.9. The van der Waals surface area contributed by atoms with E-state index in [-0.39, 0.29) is 11.9 Å². The molecule has 4 rings (SSSR count). The van der Waals surface area contributed by atoms with Gasteiger partial charge in [0.2, 0.25) is 11.9 Å². The minimum Gasteiger partial charge on any atom is -0.334 e. The summed E-state index contributed by atoms with van der Waals surface area (Å²) in [5.74, 6) is 2.32. The third kappa shape index (κ3) is 4.92. The van der Waals surface area contributed by atoms with Crippen LogP contribution in [-0.2, 0) is 4.79 Å². The summed E-state index contributed by atoms with van der Waals surface area (Å²) in [6.45, 7) is 4.75. The summed E-state index contributed by atoms with van der Waals surface area (Å²) in [7, 11) is 0. The van der Waals surface area contributed by atoms with E-state index >= 15 is 0 Å². The van der Waals surface area contributed by atoms with E-state index < -0.39 is 0 Å². The van der Waals surface area contributed by atoms with Crippen LogP contribution in [0.2, 0.25) is 0 Å². The summed E-state index contributed by atoms with van der Waals surface area (Å²) in [6, 6.07) is 7.97. The summed E-state index contributed by atoms with van der Waals surface area (Å²) in [6.07, 6.45) is 9.00. The Morgan fingerprint density at radius 3 is 2.59 bits per heavy atom. The van der Waals surface area contributed by atoms with Gasteiger partial charge in [-0.15, -0.1) is 0 Å². The number of amides is 1. The number of anilines is 2. The minimum atomic E-state index is 0.0768. The predicted octanol–water partition coefficient (Wildman–Crippen LogP) is 4.87. The lowest BCUT2D eigenvalue weighted by molar-refractivity contribution is -0.132. The standard InChI is InChI=1S/C23H31N5O/c1-16-15-17(2)25-23(24-16)27-21-11-5-9-19(26-21)20-10-6-14-28(20)22(29)13-12-18-7-3-4-8-18/h5,9,11,15,18,20H,3-4,6-8,10,12-14H2,1-2H3,(H,24,25,26,27)/t20-/m1/s1. The van der Waals surface area contributed by atoms with E-state index in [4.69, 9.17) is 4.98 Å². The monoisotopic (exact) mass is 393 g/mol. The molecule has 6 heteroatoms. The highest BCUT2D eigenvalue weighted by Crippen LogP contribution is 2.34. The smallest absolute Gasteiger partial charge is 0.228 e. The maximum Gasteiger partial charge on any atom is 0.228 e. The van der Waals surface area contributed by atoms with E-state index in [2.05, 4.69) is 15.3 Å². The molecule has 1 saturated carbocycles. The van der Waals surface area contributed by atoms with E-state index in [0.717, 1.165) is 54.6 Å². The Labute approximate surface area is 173 Å². The lowest BCUT2D eigenvalue weighted by atomic mass is 10.0. The van der Waals surface area contributed by atoms with E-state index in [1.165, 1.54) is 25.7 Å². The SMILES string of the molecule is Cc1cc(C)nc(Nc2cccc([C@H]3CCCN3C(=O)CCC3CCCC3)n2)n1. The first-order chi connectivity index (χ1) is 14.1. The van der Waals surface area contributed by atoms with Crippen LogP contribution in [-0.4, -0.2) is 32.3 Å². The molecule has 1 amide bonds. The fraction of sp³-hybridized carbons (Fsp3) is 0.565. The van der Waals surface area contributed by atoms with E-state index in [9.17, 15) is 4.79 Å². The van der Waals surface area contributed by atoms with Crippen LogP contribution in [0.3, 0.4) is 0 Å². The number of nitrogens with one attached hydrogen (secondary N) is 1. The maximum atomic E-state index is 12.9. The number of carbonyl (C=O) groups is 1. The van der Waals surface area contributed by atoms with Crippen LogP contribution in [0.25, 0.3) is 0 Å². The number of pyridine rings is 1. The molecule has 2 aromatic rings. The molecule has 1 aliphatic carbocycles. The fourth-order valence-corrected chi connectivity index (χ4v) is 4.75. The van der Waals surface area contributed by atoms with Gasteiger partial charge in [-0.3, -0.25) is 4.79 Å². The van der Waals surface area contributed by atoms with Crippen LogP contribution in [0.1, 0.15) is 74.5 Å². The van der Waals surface area contributed by atoms with Gasteiger partial charge in [-0.05, 0) is 57.2 Å². The second-order valence-electron chi connectivity index (χ2n) is 8.48. The van der Waals surface area contributed by atoms with Crippen LogP contribution < -0.4 is 5.32 Å². The van der Waals surface area contributed by atoms with Crippen molar-refractivity contribution in [1.29, 1.82) is 0 Å². The lowest BCUT2D eigenvalue weighted by Gasteiger charge is -2.25. The molecule has 2 aliphatic rings. The molecule has 0 bridgehead atoms. The molecule has 154 valence electrons. The number of nitrogens with zero attached hydrogens (tertiary/aromatic N) is 4. The molecule has 1 N–H and O–H groups in total. The Kier molecular flexibility index (Phi) is 6.07. The van der Waals surface area contributed by atoms with Crippen molar-refractivity contribution in [3.63, 3.8) is 0 Å². The van der Waals surface area contributed by atoms with E-state index in [1.54, 1.807) is 0 Å². The molecule has 2 fully saturated rings. The summed E-state index contributed by atoms with van der Waals surface area (Å²) < 4.78 is 0. The molecule has 1 saturated heterocycles. The highest BCUT2D eigenvalue weighted by atomic mass is 16.2. The van der Waals surface area contributed by atoms with Crippen molar-refractivity contribution in [3.05, 3.63) is 41.3 Å². The van der Waals surface area contributed by atoms with Crippen molar-refractivity contribution in [2.24, 2.45) is 5.92 Å². The lowest BCUT2D eigenvalue weighted by Crippen LogP contribution is -2.31. The van der Waals surface area contributed by atoms with Crippen molar-refractivity contribution in [2.75, 3.05) is 11.9 Å². The molecule has 0 aromatic carbocycles. The normalized spacial score (nSPS) is 19.7. The predicted molar refractivity (Wildman–Crippen MR) is 114 cm³/mol. The van der Waals surface area contributed by atoms with Gasteiger partial charge < -0.3 is 10.2 Å². The van der Waals surface area contributed by atoms with Crippen LogP contribution >= 0.6 is 0 Å². The number of rotatable bonds is 6. The zero-order valence-corrected chi connectivity index (χ0v) is 17.5. The molecule has 29 heavy (non-hydrogen) atoms. The quantitative estimate of drug-likeness (QED) is 0.758. The van der Waals surface area contributed by atoms with Gasteiger partial charge in [0.05, 0.1) is 11.7 Å². The van der Waals surface area contributed by atoms with Gasteiger partial charge >= 0.3 is 0 Å². The topological polar surface area (TPSA) is 71.0 Å². The zero-order chi connectivity index (χ0) is 20.2. The van der Waals surface area contributed by atoms with Crippen LogP contribution in [0.5, 0.6) is 0 Å². The zero-order valence-electron chi connectivity index (χ0n) is 17.5. The Morgan fingerprint density at radius 1 is 1.07 bits per heavy atom. The molecule has 0 spiro atoms. The molecule has 6 nitrogen and oxygen atoms in total. The van der Waals surface area contributed by atoms with Crippen LogP contribution in [0.4, 0.5) is 11.8 Å². The molecule has 0 radical (unpaired) electrons. The highest BCUT2D eigenvalue weighted by molar-refractivity contribution is 5.77. The number of aryl methyl sites for hydroxylation is 2. The van der Waals surface area contributed by atoms with E-state index in [0.29, 0.717) is 12.4 Å². The van der Waals surface area contributed by atoms with Crippen molar-refractivity contribution in [3.8, 4) is 0 Å². The Bertz CT molecular complexity index is 842. The summed E-state index contributed by atoms with van der Waals surface area (Å²) in [4.78, 5) is 28.6. The van der Waals surface area contributed by atoms with Gasteiger partial charge in [-0.2, -0.15) is 0 Å². The van der Waals surface area contributed by atoms with E-state index in [1.807, 2.05) is 43.0 Å². The van der Waals surface area contributed by atoms with Gasteiger partial charge in [0, 0.05) is 24.4 Å². The highest BCUT2D eigenvalue weighted by Gasteiger charge is 2.31. The second-order valence-corrected chi connectivity index (χ2v) is 8.48. The summed E-state index contributed by atoms with van der Waals surface area (Å²) in [5.41, 5.74) is 2.79. The molecular formula is C23H31N5O. The number of hydrogen-bond donors (Lipinski definition) is 1. The molecular weight excluding hydrogens is 362 g/mol. The molecule has 1 aliphatic heterocycles. The van der Waals surface area contributed by atoms with Gasteiger partial charge in [0.1, 0.15) is 5.82 Å². The summed E-state index contributed by atoms with van der Waals surface area (Å²) >= 11 is 0. The minimum absolute atomic E-state index is 0.0768. The first-order valence-electron chi connectivity index (χ1n) is 10.9. The first-order valence-corrected chi connectivity index (χ1v) is 10.9. The van der Waals surface area contributed by atoms with Gasteiger partial charge in [0.15, 0.2) is 0 Å². The fourth-order valence-electron chi connectivity index (χ4n) is 4.75.